The van der Waals surface area contributed by atoms with E-state index in [1.54, 1.807) is 18.3 Å². The number of rotatable bonds is 9. The monoisotopic (exact) mass is 606 g/mol. The van der Waals surface area contributed by atoms with Gasteiger partial charge in [0.15, 0.2) is 5.75 Å². The van der Waals surface area contributed by atoms with Crippen LogP contribution in [0.15, 0.2) is 70.7 Å². The number of fused-ring (bicyclic) bond motifs is 1. The highest BCUT2D eigenvalue weighted by molar-refractivity contribution is 7.91. The quantitative estimate of drug-likeness (QED) is 0.187. The van der Waals surface area contributed by atoms with Crippen molar-refractivity contribution in [1.29, 1.82) is 0 Å². The van der Waals surface area contributed by atoms with Gasteiger partial charge >= 0.3 is 0 Å². The number of nitro groups is 1. The summed E-state index contributed by atoms with van der Waals surface area (Å²) in [5.74, 6) is -1.02. The van der Waals surface area contributed by atoms with E-state index < -0.39 is 20.7 Å². The van der Waals surface area contributed by atoms with Gasteiger partial charge in [-0.25, -0.2) is 13.4 Å². The van der Waals surface area contributed by atoms with Crippen LogP contribution < -0.4 is 15.8 Å². The number of nitrogens with zero attached hydrogens (tertiary/aromatic N) is 3. The molecule has 2 aliphatic rings. The van der Waals surface area contributed by atoms with Crippen molar-refractivity contribution < 1.29 is 27.6 Å². The number of ether oxygens (including phenoxy) is 2. The number of primary amides is 1. The Morgan fingerprint density at radius 2 is 1.98 bits per heavy atom. The normalized spacial score (nSPS) is 18.1. The summed E-state index contributed by atoms with van der Waals surface area (Å²) in [6, 6.07) is 11.5. The lowest BCUT2D eigenvalue weighted by atomic mass is 10.0. The summed E-state index contributed by atoms with van der Waals surface area (Å²) in [5.41, 5.74) is 5.86. The first-order valence-corrected chi connectivity index (χ1v) is 15.3. The molecule has 0 radical (unpaired) electrons. The predicted molar refractivity (Wildman–Crippen MR) is 157 cm³/mol. The molecule has 4 aromatic rings. The molecule has 224 valence electrons. The number of amides is 1. The second-order valence-corrected chi connectivity index (χ2v) is 12.5. The molecule has 2 fully saturated rings. The number of carbonyl (C=O) groups excluding carboxylic acids is 1. The van der Waals surface area contributed by atoms with Crippen LogP contribution in [0, 0.1) is 10.1 Å². The van der Waals surface area contributed by atoms with Crippen LogP contribution in [0.25, 0.3) is 11.0 Å². The van der Waals surface area contributed by atoms with Crippen molar-refractivity contribution in [2.75, 3.05) is 31.6 Å². The van der Waals surface area contributed by atoms with Gasteiger partial charge in [-0.2, -0.15) is 0 Å². The van der Waals surface area contributed by atoms with Gasteiger partial charge in [0, 0.05) is 49.4 Å². The van der Waals surface area contributed by atoms with Crippen molar-refractivity contribution in [3.05, 3.63) is 76.6 Å². The lowest BCUT2D eigenvalue weighted by Gasteiger charge is -2.35. The molecule has 1 amide bonds. The molecule has 2 aliphatic heterocycles. The number of aromatic nitrogens is 2. The number of para-hydroxylation sites is 1. The van der Waals surface area contributed by atoms with Gasteiger partial charge in [0.05, 0.1) is 28.2 Å². The molecule has 13 nitrogen and oxygen atoms in total. The molecule has 0 spiro atoms. The average Bonchev–Trinajstić information content (AvgIpc) is 3.70. The topological polar surface area (TPSA) is 183 Å². The van der Waals surface area contributed by atoms with Gasteiger partial charge in [-0.05, 0) is 55.7 Å². The van der Waals surface area contributed by atoms with Crippen molar-refractivity contribution in [2.24, 2.45) is 5.73 Å². The van der Waals surface area contributed by atoms with Gasteiger partial charge in [-0.1, -0.05) is 6.07 Å². The maximum atomic E-state index is 13.9. The molecule has 6 rings (SSSR count). The molecule has 2 saturated heterocycles. The molecule has 0 aliphatic carbocycles. The van der Waals surface area contributed by atoms with Crippen LogP contribution in [0.1, 0.15) is 29.6 Å². The largest absolute Gasteiger partial charge is 0.453 e. The third kappa shape index (κ3) is 5.76. The molecule has 2 aromatic heterocycles. The maximum Gasteiger partial charge on any atom is 0.293 e. The molecule has 1 atom stereocenters. The van der Waals surface area contributed by atoms with E-state index in [-0.39, 0.29) is 44.3 Å². The number of anilines is 1. The molecule has 4 heterocycles. The van der Waals surface area contributed by atoms with Crippen molar-refractivity contribution in [3.8, 4) is 11.5 Å². The van der Waals surface area contributed by atoms with E-state index in [1.807, 2.05) is 0 Å². The van der Waals surface area contributed by atoms with Gasteiger partial charge in [0.25, 0.3) is 11.6 Å². The Balaban J connectivity index is 1.29. The number of carbonyl (C=O) groups is 1. The van der Waals surface area contributed by atoms with E-state index in [2.05, 4.69) is 20.2 Å². The molecule has 0 bridgehead atoms. The minimum atomic E-state index is -4.41. The Morgan fingerprint density at radius 3 is 2.70 bits per heavy atom. The lowest BCUT2D eigenvalue weighted by molar-refractivity contribution is -0.384. The van der Waals surface area contributed by atoms with E-state index in [0.717, 1.165) is 51.6 Å². The van der Waals surface area contributed by atoms with E-state index in [9.17, 15) is 23.3 Å². The Hall–Kier alpha value is -4.53. The number of nitrogens with two attached hydrogens (primary N) is 1. The van der Waals surface area contributed by atoms with Crippen molar-refractivity contribution in [2.45, 2.75) is 41.1 Å². The third-order valence-corrected chi connectivity index (χ3v) is 9.69. The number of sulfone groups is 1. The number of benzene rings is 2. The van der Waals surface area contributed by atoms with Gasteiger partial charge in [-0.15, -0.1) is 0 Å². The minimum Gasteiger partial charge on any atom is -0.453 e. The Bertz CT molecular complexity index is 1790. The molecule has 14 heteroatoms. The fourth-order valence-electron chi connectivity index (χ4n) is 5.64. The minimum absolute atomic E-state index is 0.00189. The van der Waals surface area contributed by atoms with Gasteiger partial charge in [0.1, 0.15) is 22.0 Å². The van der Waals surface area contributed by atoms with E-state index in [4.69, 9.17) is 15.2 Å². The number of hydrogen-bond donors (Lipinski definition) is 3. The molecule has 2 aromatic carbocycles. The number of likely N-dealkylation sites (tertiary alicyclic amines) is 1. The van der Waals surface area contributed by atoms with Crippen LogP contribution in [0.3, 0.4) is 0 Å². The summed E-state index contributed by atoms with van der Waals surface area (Å²) in [5, 5.41) is 16.0. The second kappa shape index (κ2) is 11.6. The standard InChI is InChI=1S/C29H30N6O7S/c30-28(36)23-2-1-3-26(27(23)42-21-14-18-6-10-31-29(18)32-16-21)43(39,40)22-4-5-24(25(15-22)35(37)38)33-19-7-11-34(12-8-19)20-9-13-41-17-20/h1-6,10,14-16,19-20,33H,7-9,11-13,17H2,(H2,30,36)(H,31,32). The molecular weight excluding hydrogens is 576 g/mol. The summed E-state index contributed by atoms with van der Waals surface area (Å²) < 4.78 is 39.3. The highest BCUT2D eigenvalue weighted by Gasteiger charge is 2.31. The van der Waals surface area contributed by atoms with Gasteiger partial charge in [0.2, 0.25) is 9.84 Å². The molecule has 4 N–H and O–H groups in total. The van der Waals surface area contributed by atoms with Gasteiger partial charge < -0.3 is 25.5 Å². The van der Waals surface area contributed by atoms with Crippen molar-refractivity contribution in [3.63, 3.8) is 0 Å². The van der Waals surface area contributed by atoms with Crippen LogP contribution in [-0.2, 0) is 14.6 Å². The number of aromatic amines is 1. The fraction of sp³-hybridized carbons (Fsp3) is 0.310. The summed E-state index contributed by atoms with van der Waals surface area (Å²) in [7, 11) is -4.41. The molecular formula is C29H30N6O7S. The average molecular weight is 607 g/mol. The van der Waals surface area contributed by atoms with Crippen LogP contribution in [0.4, 0.5) is 11.4 Å². The van der Waals surface area contributed by atoms with E-state index in [0.29, 0.717) is 17.1 Å². The second-order valence-electron chi connectivity index (χ2n) is 10.6. The van der Waals surface area contributed by atoms with E-state index in [1.165, 1.54) is 36.5 Å². The number of nitrogens with one attached hydrogen (secondary N) is 2. The van der Waals surface area contributed by atoms with Crippen LogP contribution >= 0.6 is 0 Å². The zero-order chi connectivity index (χ0) is 30.1. The zero-order valence-electron chi connectivity index (χ0n) is 23.1. The molecule has 0 saturated carbocycles. The number of nitro benzene ring substituents is 1. The molecule has 1 unspecified atom stereocenters. The maximum absolute atomic E-state index is 13.9. The summed E-state index contributed by atoms with van der Waals surface area (Å²) in [4.78, 5) is 32.7. The summed E-state index contributed by atoms with van der Waals surface area (Å²) in [6.45, 7) is 3.19. The lowest BCUT2D eigenvalue weighted by Crippen LogP contribution is -2.44. The first kappa shape index (κ1) is 28.6. The summed E-state index contributed by atoms with van der Waals surface area (Å²) in [6.07, 6.45) is 5.66. The first-order chi connectivity index (χ1) is 20.7. The van der Waals surface area contributed by atoms with Crippen LogP contribution in [0.2, 0.25) is 0 Å². The SMILES string of the molecule is NC(=O)c1cccc(S(=O)(=O)c2ccc(NC3CCN(C4CCOC4)CC3)c([N+](=O)[O-])c2)c1Oc1cnc2[nH]ccc2c1. The first-order valence-electron chi connectivity index (χ1n) is 13.9. The highest BCUT2D eigenvalue weighted by atomic mass is 32.2. The van der Waals surface area contributed by atoms with Crippen molar-refractivity contribution in [1.82, 2.24) is 14.9 Å². The number of piperidine rings is 1. The number of H-pyrrole nitrogens is 1. The highest BCUT2D eigenvalue weighted by Crippen LogP contribution is 2.38. The zero-order valence-corrected chi connectivity index (χ0v) is 23.9. The summed E-state index contributed by atoms with van der Waals surface area (Å²) >= 11 is 0. The van der Waals surface area contributed by atoms with Gasteiger partial charge in [-0.3, -0.25) is 19.8 Å². The Kier molecular flexibility index (Phi) is 7.73. The number of pyridine rings is 1. The van der Waals surface area contributed by atoms with Crippen molar-refractivity contribution >= 4 is 38.2 Å². The smallest absolute Gasteiger partial charge is 0.293 e. The van der Waals surface area contributed by atoms with Crippen LogP contribution in [0.5, 0.6) is 11.5 Å². The molecule has 43 heavy (non-hydrogen) atoms. The third-order valence-electron chi connectivity index (χ3n) is 7.92. The Morgan fingerprint density at radius 1 is 1.16 bits per heavy atom. The van der Waals surface area contributed by atoms with Crippen LogP contribution in [-0.4, -0.2) is 72.5 Å². The number of hydrogen-bond acceptors (Lipinski definition) is 10. The van der Waals surface area contributed by atoms with E-state index >= 15 is 0 Å². The fourth-order valence-corrected chi connectivity index (χ4v) is 7.06. The Labute approximate surface area is 247 Å². The predicted octanol–water partition coefficient (Wildman–Crippen LogP) is 3.86.